The van der Waals surface area contributed by atoms with Crippen LogP contribution >= 0.6 is 11.3 Å². The summed E-state index contributed by atoms with van der Waals surface area (Å²) in [4.78, 5) is 5.33. The van der Waals surface area contributed by atoms with Gasteiger partial charge in [0.15, 0.2) is 5.96 Å². The highest BCUT2D eigenvalue weighted by Crippen LogP contribution is 2.07. The molecule has 1 aromatic heterocycles. The normalized spacial score (nSPS) is 12.6. The number of aliphatic imine (C=N–C) groups is 1. The van der Waals surface area contributed by atoms with Crippen molar-refractivity contribution in [2.45, 2.75) is 13.3 Å². The molecule has 0 saturated carbocycles. The molecule has 0 atom stereocenters. The molecule has 8 heteroatoms. The highest BCUT2D eigenvalue weighted by molar-refractivity contribution is 7.89. The molecule has 1 rings (SSSR count). The number of hydrogen-bond acceptors (Lipinski definition) is 4. The van der Waals surface area contributed by atoms with Crippen LogP contribution in [0.3, 0.4) is 0 Å². The molecule has 0 fully saturated rings. The molecule has 6 nitrogen and oxygen atoms in total. The van der Waals surface area contributed by atoms with Crippen LogP contribution in [-0.4, -0.2) is 39.8 Å². The molecule has 0 bridgehead atoms. The van der Waals surface area contributed by atoms with Gasteiger partial charge < -0.3 is 11.1 Å². The first-order valence-corrected chi connectivity index (χ1v) is 8.60. The van der Waals surface area contributed by atoms with Gasteiger partial charge in [0.1, 0.15) is 0 Å². The summed E-state index contributed by atoms with van der Waals surface area (Å²) in [5.41, 5.74) is 5.66. The summed E-state index contributed by atoms with van der Waals surface area (Å²) in [6, 6.07) is 4.08. The van der Waals surface area contributed by atoms with E-state index in [1.54, 1.807) is 18.3 Å². The molecule has 0 aliphatic rings. The van der Waals surface area contributed by atoms with Gasteiger partial charge >= 0.3 is 0 Å². The minimum atomic E-state index is -3.14. The average molecular weight is 304 g/mol. The van der Waals surface area contributed by atoms with Gasteiger partial charge in [-0.2, -0.15) is 0 Å². The lowest BCUT2D eigenvalue weighted by molar-refractivity contribution is 0.583. The molecular formula is C11H20N4O2S2. The molecule has 1 aromatic rings. The van der Waals surface area contributed by atoms with Gasteiger partial charge in [-0.15, -0.1) is 11.3 Å². The molecular weight excluding hydrogens is 284 g/mol. The number of nitrogens with two attached hydrogens (primary N) is 1. The van der Waals surface area contributed by atoms with E-state index in [-0.39, 0.29) is 12.3 Å². The summed E-state index contributed by atoms with van der Waals surface area (Å²) in [6.07, 6.45) is 0.899. The van der Waals surface area contributed by atoms with Crippen LogP contribution in [0.1, 0.15) is 11.8 Å². The first kappa shape index (κ1) is 15.9. The zero-order valence-electron chi connectivity index (χ0n) is 10.9. The van der Waals surface area contributed by atoms with Gasteiger partial charge in [-0.25, -0.2) is 13.1 Å². The lowest BCUT2D eigenvalue weighted by atomic mass is 10.3. The van der Waals surface area contributed by atoms with Gasteiger partial charge in [-0.3, -0.25) is 4.99 Å². The van der Waals surface area contributed by atoms with E-state index in [1.807, 2.05) is 11.4 Å². The molecule has 1 heterocycles. The molecule has 108 valence electrons. The van der Waals surface area contributed by atoms with Crippen LogP contribution in [0.5, 0.6) is 0 Å². The molecule has 19 heavy (non-hydrogen) atoms. The molecule has 0 saturated heterocycles. The summed E-state index contributed by atoms with van der Waals surface area (Å²) in [5.74, 6) is 0.415. The first-order valence-electron chi connectivity index (χ1n) is 6.07. The molecule has 0 amide bonds. The predicted molar refractivity (Wildman–Crippen MR) is 80.0 cm³/mol. The second kappa shape index (κ2) is 8.13. The van der Waals surface area contributed by atoms with Crippen LogP contribution in [-0.2, 0) is 16.4 Å². The molecule has 0 unspecified atom stereocenters. The summed E-state index contributed by atoms with van der Waals surface area (Å²) >= 11 is 1.70. The van der Waals surface area contributed by atoms with E-state index < -0.39 is 10.0 Å². The number of thiophene rings is 1. The van der Waals surface area contributed by atoms with E-state index >= 15 is 0 Å². The quantitative estimate of drug-likeness (QED) is 0.361. The Morgan fingerprint density at radius 3 is 2.89 bits per heavy atom. The summed E-state index contributed by atoms with van der Waals surface area (Å²) in [7, 11) is -3.14. The van der Waals surface area contributed by atoms with Crippen molar-refractivity contribution in [1.29, 1.82) is 0 Å². The highest BCUT2D eigenvalue weighted by atomic mass is 32.2. The lowest BCUT2D eigenvalue weighted by Crippen LogP contribution is -2.34. The maximum atomic E-state index is 11.1. The predicted octanol–water partition coefficient (Wildman–Crippen LogP) is 0.134. The topological polar surface area (TPSA) is 96.6 Å². The van der Waals surface area contributed by atoms with Crippen molar-refractivity contribution >= 4 is 27.3 Å². The Balaban J connectivity index is 2.15. The van der Waals surface area contributed by atoms with Crippen molar-refractivity contribution in [3.8, 4) is 0 Å². The van der Waals surface area contributed by atoms with Gasteiger partial charge in [0.2, 0.25) is 10.0 Å². The van der Waals surface area contributed by atoms with Gasteiger partial charge in [0, 0.05) is 18.0 Å². The van der Waals surface area contributed by atoms with Gasteiger partial charge in [0.05, 0.1) is 12.3 Å². The number of guanidine groups is 1. The fraction of sp³-hybridized carbons (Fsp3) is 0.545. The highest BCUT2D eigenvalue weighted by Gasteiger charge is 2.03. The first-order chi connectivity index (χ1) is 9.03. The third-order valence-corrected chi connectivity index (χ3v) is 4.69. The Morgan fingerprint density at radius 2 is 2.26 bits per heavy atom. The van der Waals surface area contributed by atoms with Crippen molar-refractivity contribution in [2.24, 2.45) is 10.7 Å². The molecule has 0 aliphatic carbocycles. The van der Waals surface area contributed by atoms with Crippen LogP contribution in [0.15, 0.2) is 22.5 Å². The number of nitrogens with one attached hydrogen (secondary N) is 2. The van der Waals surface area contributed by atoms with Gasteiger partial charge in [-0.05, 0) is 24.8 Å². The Labute approximate surface area is 118 Å². The van der Waals surface area contributed by atoms with E-state index in [0.717, 1.165) is 13.0 Å². The van der Waals surface area contributed by atoms with Crippen LogP contribution in [0.4, 0.5) is 0 Å². The van der Waals surface area contributed by atoms with E-state index in [4.69, 9.17) is 5.73 Å². The van der Waals surface area contributed by atoms with Crippen LogP contribution in [0.25, 0.3) is 0 Å². The van der Waals surface area contributed by atoms with Crippen molar-refractivity contribution in [3.05, 3.63) is 22.4 Å². The Morgan fingerprint density at radius 1 is 1.47 bits per heavy atom. The van der Waals surface area contributed by atoms with E-state index in [0.29, 0.717) is 12.5 Å². The molecule has 0 spiro atoms. The van der Waals surface area contributed by atoms with Crippen molar-refractivity contribution < 1.29 is 8.42 Å². The smallest absolute Gasteiger partial charge is 0.211 e. The third-order valence-electron chi connectivity index (χ3n) is 2.35. The van der Waals surface area contributed by atoms with Gasteiger partial charge in [-0.1, -0.05) is 6.07 Å². The van der Waals surface area contributed by atoms with Gasteiger partial charge in [0.25, 0.3) is 0 Å². The summed E-state index contributed by atoms with van der Waals surface area (Å²) in [5, 5.41) is 5.02. The van der Waals surface area contributed by atoms with Crippen molar-refractivity contribution in [2.75, 3.05) is 25.4 Å². The van der Waals surface area contributed by atoms with Crippen molar-refractivity contribution in [3.63, 3.8) is 0 Å². The summed E-state index contributed by atoms with van der Waals surface area (Å²) < 4.78 is 24.7. The van der Waals surface area contributed by atoms with E-state index in [1.165, 1.54) is 4.88 Å². The number of nitrogens with zero attached hydrogens (tertiary/aromatic N) is 1. The summed E-state index contributed by atoms with van der Waals surface area (Å²) in [6.45, 7) is 2.91. The molecule has 0 radical (unpaired) electrons. The van der Waals surface area contributed by atoms with Crippen LogP contribution in [0.2, 0.25) is 0 Å². The SMILES string of the molecule is CCS(=O)(=O)NCCN=C(N)NCCc1cccs1. The monoisotopic (exact) mass is 304 g/mol. The third kappa shape index (κ3) is 7.14. The molecule has 0 aliphatic heterocycles. The average Bonchev–Trinajstić information content (AvgIpc) is 2.88. The minimum Gasteiger partial charge on any atom is -0.370 e. The lowest BCUT2D eigenvalue weighted by Gasteiger charge is -2.05. The maximum absolute atomic E-state index is 11.1. The number of sulfonamides is 1. The minimum absolute atomic E-state index is 0.0747. The second-order valence-electron chi connectivity index (χ2n) is 3.82. The number of rotatable bonds is 8. The van der Waals surface area contributed by atoms with E-state index in [2.05, 4.69) is 21.1 Å². The second-order valence-corrected chi connectivity index (χ2v) is 6.95. The fourth-order valence-electron chi connectivity index (χ4n) is 1.30. The zero-order chi connectivity index (χ0) is 14.1. The number of hydrogen-bond donors (Lipinski definition) is 3. The Kier molecular flexibility index (Phi) is 6.82. The fourth-order valence-corrected chi connectivity index (χ4v) is 2.62. The van der Waals surface area contributed by atoms with Crippen LogP contribution in [0, 0.1) is 0 Å². The Bertz CT molecular complexity index is 483. The zero-order valence-corrected chi connectivity index (χ0v) is 12.6. The largest absolute Gasteiger partial charge is 0.370 e. The maximum Gasteiger partial charge on any atom is 0.211 e. The Hall–Kier alpha value is -1.12. The molecule has 4 N–H and O–H groups in total. The van der Waals surface area contributed by atoms with E-state index in [9.17, 15) is 8.42 Å². The van der Waals surface area contributed by atoms with Crippen LogP contribution < -0.4 is 15.8 Å². The van der Waals surface area contributed by atoms with Crippen molar-refractivity contribution in [1.82, 2.24) is 10.0 Å². The molecule has 0 aromatic carbocycles. The standard InChI is InChI=1S/C11H20N4O2S2/c1-2-19(16,17)15-8-7-14-11(12)13-6-5-10-4-3-9-18-10/h3-4,9,15H,2,5-8H2,1H3,(H3,12,13,14).